The summed E-state index contributed by atoms with van der Waals surface area (Å²) in [6, 6.07) is 12.0. The summed E-state index contributed by atoms with van der Waals surface area (Å²) >= 11 is 3.19. The number of aryl methyl sites for hydroxylation is 1. The summed E-state index contributed by atoms with van der Waals surface area (Å²) in [6.07, 6.45) is 2.88. The molecule has 0 saturated heterocycles. The van der Waals surface area contributed by atoms with E-state index in [4.69, 9.17) is 0 Å². The number of carbonyl (C=O) groups excluding carboxylic acids is 1. The number of halogens is 2. The maximum absolute atomic E-state index is 13.6. The van der Waals surface area contributed by atoms with Crippen LogP contribution in [0.15, 0.2) is 53.0 Å². The minimum atomic E-state index is -0.359. The summed E-state index contributed by atoms with van der Waals surface area (Å²) in [5.74, 6) is -0.492. The van der Waals surface area contributed by atoms with Crippen LogP contribution in [0.3, 0.4) is 0 Å². The number of hydrogen-bond acceptors (Lipinski definition) is 1. The maximum atomic E-state index is 13.6. The number of carbonyl (C=O) groups is 1. The summed E-state index contributed by atoms with van der Waals surface area (Å²) in [4.78, 5) is 11.9. The third-order valence-electron chi connectivity index (χ3n) is 2.68. The fraction of sp³-hybridized carbons (Fsp3) is 0.0625. The normalized spacial score (nSPS) is 10.9. The summed E-state index contributed by atoms with van der Waals surface area (Å²) in [6.45, 7) is 1.93. The van der Waals surface area contributed by atoms with E-state index in [0.29, 0.717) is 15.6 Å². The molecule has 3 heteroatoms. The van der Waals surface area contributed by atoms with Crippen LogP contribution in [0.25, 0.3) is 6.08 Å². The van der Waals surface area contributed by atoms with Crippen LogP contribution in [0.5, 0.6) is 0 Å². The first-order chi connectivity index (χ1) is 9.06. The minimum Gasteiger partial charge on any atom is -0.289 e. The fourth-order valence-electron chi connectivity index (χ4n) is 1.70. The average Bonchev–Trinajstić information content (AvgIpc) is 2.37. The molecule has 0 fully saturated rings. The van der Waals surface area contributed by atoms with E-state index in [0.717, 1.165) is 5.56 Å². The van der Waals surface area contributed by atoms with Crippen molar-refractivity contribution in [3.63, 3.8) is 0 Å². The molecule has 96 valence electrons. The Balaban J connectivity index is 2.21. The van der Waals surface area contributed by atoms with Gasteiger partial charge in [-0.3, -0.25) is 4.79 Å². The monoisotopic (exact) mass is 318 g/mol. The molecular weight excluding hydrogens is 307 g/mol. The molecule has 19 heavy (non-hydrogen) atoms. The van der Waals surface area contributed by atoms with Crippen LogP contribution in [0.2, 0.25) is 0 Å². The molecule has 0 amide bonds. The van der Waals surface area contributed by atoms with Gasteiger partial charge < -0.3 is 0 Å². The van der Waals surface area contributed by atoms with Gasteiger partial charge in [-0.25, -0.2) is 4.39 Å². The van der Waals surface area contributed by atoms with E-state index in [1.807, 2.05) is 25.1 Å². The van der Waals surface area contributed by atoms with E-state index in [2.05, 4.69) is 15.9 Å². The second-order valence-electron chi connectivity index (χ2n) is 4.23. The number of rotatable bonds is 3. The van der Waals surface area contributed by atoms with Crippen LogP contribution in [0.4, 0.5) is 4.39 Å². The second kappa shape index (κ2) is 5.93. The Kier molecular flexibility index (Phi) is 4.27. The molecule has 2 aromatic rings. The van der Waals surface area contributed by atoms with E-state index in [9.17, 15) is 9.18 Å². The molecule has 0 spiro atoms. The molecule has 0 aromatic heterocycles. The van der Waals surface area contributed by atoms with Gasteiger partial charge in [0.25, 0.3) is 0 Å². The zero-order chi connectivity index (χ0) is 13.8. The number of benzene rings is 2. The van der Waals surface area contributed by atoms with Crippen LogP contribution in [-0.4, -0.2) is 5.78 Å². The van der Waals surface area contributed by atoms with Gasteiger partial charge >= 0.3 is 0 Å². The summed E-state index contributed by atoms with van der Waals surface area (Å²) < 4.78 is 14.2. The highest BCUT2D eigenvalue weighted by atomic mass is 79.9. The van der Waals surface area contributed by atoms with Crippen molar-refractivity contribution in [1.82, 2.24) is 0 Å². The average molecular weight is 319 g/mol. The summed E-state index contributed by atoms with van der Waals surface area (Å²) in [7, 11) is 0. The topological polar surface area (TPSA) is 17.1 Å². The van der Waals surface area contributed by atoms with Crippen LogP contribution in [0, 0.1) is 12.7 Å². The van der Waals surface area contributed by atoms with E-state index in [1.165, 1.54) is 18.2 Å². The fourth-order valence-corrected chi connectivity index (χ4v) is 2.03. The van der Waals surface area contributed by atoms with Crippen LogP contribution >= 0.6 is 15.9 Å². The largest absolute Gasteiger partial charge is 0.289 e. The lowest BCUT2D eigenvalue weighted by molar-refractivity contribution is 0.104. The highest BCUT2D eigenvalue weighted by Gasteiger charge is 2.03. The lowest BCUT2D eigenvalue weighted by atomic mass is 10.1. The van der Waals surface area contributed by atoms with Gasteiger partial charge in [0.1, 0.15) is 5.82 Å². The van der Waals surface area contributed by atoms with Crippen molar-refractivity contribution in [1.29, 1.82) is 0 Å². The second-order valence-corrected chi connectivity index (χ2v) is 5.15. The van der Waals surface area contributed by atoms with Crippen molar-refractivity contribution < 1.29 is 9.18 Å². The zero-order valence-corrected chi connectivity index (χ0v) is 11.9. The lowest BCUT2D eigenvalue weighted by Gasteiger charge is -1.99. The molecule has 0 aliphatic carbocycles. The van der Waals surface area contributed by atoms with Crippen molar-refractivity contribution in [2.75, 3.05) is 0 Å². The molecule has 0 unspecified atom stereocenters. The lowest BCUT2D eigenvalue weighted by Crippen LogP contribution is -1.94. The Morgan fingerprint density at radius 3 is 2.68 bits per heavy atom. The first-order valence-corrected chi connectivity index (χ1v) is 6.60. The molecule has 0 atom stereocenters. The van der Waals surface area contributed by atoms with E-state index >= 15 is 0 Å². The first kappa shape index (κ1) is 13.7. The van der Waals surface area contributed by atoms with Crippen LogP contribution in [0.1, 0.15) is 21.5 Å². The summed E-state index contributed by atoms with van der Waals surface area (Å²) in [5, 5.41) is 0. The van der Waals surface area contributed by atoms with Crippen molar-refractivity contribution in [2.24, 2.45) is 0 Å². The number of allylic oxidation sites excluding steroid dienone is 1. The third kappa shape index (κ3) is 3.61. The van der Waals surface area contributed by atoms with Crippen molar-refractivity contribution in [3.05, 3.63) is 75.5 Å². The molecule has 2 rings (SSSR count). The van der Waals surface area contributed by atoms with Crippen LogP contribution in [-0.2, 0) is 0 Å². The Morgan fingerprint density at radius 2 is 2.00 bits per heavy atom. The van der Waals surface area contributed by atoms with Gasteiger partial charge in [-0.15, -0.1) is 0 Å². The SMILES string of the molecule is Cc1cccc(C(=O)/C=C/c2ccc(Br)cc2F)c1. The Morgan fingerprint density at radius 1 is 1.21 bits per heavy atom. The minimum absolute atomic E-state index is 0.133. The van der Waals surface area contributed by atoms with Gasteiger partial charge in [0.2, 0.25) is 0 Å². The quantitative estimate of drug-likeness (QED) is 0.587. The van der Waals surface area contributed by atoms with Crippen molar-refractivity contribution >= 4 is 27.8 Å². The molecule has 1 nitrogen and oxygen atoms in total. The van der Waals surface area contributed by atoms with Gasteiger partial charge in [-0.05, 0) is 37.3 Å². The Labute approximate surface area is 119 Å². The standard InChI is InChI=1S/C16H12BrFO/c1-11-3-2-4-13(9-11)16(19)8-6-12-5-7-14(17)10-15(12)18/h2-10H,1H3/b8-6+. The third-order valence-corrected chi connectivity index (χ3v) is 3.17. The number of ketones is 1. The molecule has 2 aromatic carbocycles. The van der Waals surface area contributed by atoms with Crippen LogP contribution < -0.4 is 0 Å². The van der Waals surface area contributed by atoms with Crippen molar-refractivity contribution in [2.45, 2.75) is 6.92 Å². The molecule has 0 N–H and O–H groups in total. The number of hydrogen-bond donors (Lipinski definition) is 0. The van der Waals surface area contributed by atoms with E-state index in [-0.39, 0.29) is 11.6 Å². The molecule has 0 aliphatic heterocycles. The van der Waals surface area contributed by atoms with Gasteiger partial charge in [0, 0.05) is 15.6 Å². The molecular formula is C16H12BrFO. The maximum Gasteiger partial charge on any atom is 0.185 e. The highest BCUT2D eigenvalue weighted by molar-refractivity contribution is 9.10. The molecule has 0 heterocycles. The molecule has 0 bridgehead atoms. The predicted octanol–water partition coefficient (Wildman–Crippen LogP) is 4.79. The predicted molar refractivity (Wildman–Crippen MR) is 78.6 cm³/mol. The Hall–Kier alpha value is -1.74. The van der Waals surface area contributed by atoms with Gasteiger partial charge in [0.05, 0.1) is 0 Å². The smallest absolute Gasteiger partial charge is 0.185 e. The molecule has 0 aliphatic rings. The van der Waals surface area contributed by atoms with Gasteiger partial charge in [0.15, 0.2) is 5.78 Å². The van der Waals surface area contributed by atoms with E-state index < -0.39 is 0 Å². The highest BCUT2D eigenvalue weighted by Crippen LogP contribution is 2.16. The zero-order valence-electron chi connectivity index (χ0n) is 10.4. The van der Waals surface area contributed by atoms with Gasteiger partial charge in [-0.1, -0.05) is 45.8 Å². The Bertz CT molecular complexity index is 647. The molecule has 0 saturated carbocycles. The molecule has 0 radical (unpaired) electrons. The van der Waals surface area contributed by atoms with Gasteiger partial charge in [-0.2, -0.15) is 0 Å². The first-order valence-electron chi connectivity index (χ1n) is 5.80. The van der Waals surface area contributed by atoms with E-state index in [1.54, 1.807) is 18.2 Å². The van der Waals surface area contributed by atoms with Crippen molar-refractivity contribution in [3.8, 4) is 0 Å². The summed E-state index contributed by atoms with van der Waals surface area (Å²) in [5.41, 5.74) is 2.02.